The molecule has 1 aromatic carbocycles. The molecule has 1 aliphatic carbocycles. The lowest BCUT2D eigenvalue weighted by atomic mass is 9.95. The van der Waals surface area contributed by atoms with Crippen LogP contribution in [0.4, 0.5) is 0 Å². The van der Waals surface area contributed by atoms with E-state index in [1.807, 2.05) is 0 Å². The topological polar surface area (TPSA) is 35.2 Å². The summed E-state index contributed by atoms with van der Waals surface area (Å²) in [6.07, 6.45) is 3.86. The normalized spacial score (nSPS) is 17.2. The SMILES string of the molecule is COc1cc(C)c(C(N)CC2CC2)cc1C. The first kappa shape index (κ1) is 11.5. The molecule has 0 bridgehead atoms. The van der Waals surface area contributed by atoms with Crippen LogP contribution in [0.1, 0.15) is 42.0 Å². The molecule has 1 unspecified atom stereocenters. The van der Waals surface area contributed by atoms with Crippen LogP contribution in [-0.4, -0.2) is 7.11 Å². The van der Waals surface area contributed by atoms with Gasteiger partial charge >= 0.3 is 0 Å². The molecule has 1 aromatic rings. The highest BCUT2D eigenvalue weighted by Crippen LogP contribution is 2.38. The van der Waals surface area contributed by atoms with Crippen molar-refractivity contribution in [1.29, 1.82) is 0 Å². The summed E-state index contributed by atoms with van der Waals surface area (Å²) in [4.78, 5) is 0. The zero-order chi connectivity index (χ0) is 11.7. The van der Waals surface area contributed by atoms with E-state index in [1.165, 1.54) is 29.5 Å². The van der Waals surface area contributed by atoms with Gasteiger partial charge in [-0.05, 0) is 48.9 Å². The Kier molecular flexibility index (Phi) is 3.20. The molecule has 2 nitrogen and oxygen atoms in total. The Balaban J connectivity index is 2.21. The molecule has 0 radical (unpaired) electrons. The quantitative estimate of drug-likeness (QED) is 0.844. The number of nitrogens with two attached hydrogens (primary N) is 1. The molecule has 0 spiro atoms. The average Bonchev–Trinajstić information content (AvgIpc) is 3.04. The standard InChI is InChI=1S/C14H21NO/c1-9-7-14(16-3)10(2)6-12(9)13(15)8-11-4-5-11/h6-7,11,13H,4-5,8,15H2,1-3H3. The van der Waals surface area contributed by atoms with Crippen molar-refractivity contribution in [3.8, 4) is 5.75 Å². The van der Waals surface area contributed by atoms with Gasteiger partial charge in [0.05, 0.1) is 7.11 Å². The maximum absolute atomic E-state index is 6.26. The summed E-state index contributed by atoms with van der Waals surface area (Å²) >= 11 is 0. The van der Waals surface area contributed by atoms with Crippen molar-refractivity contribution in [3.05, 3.63) is 28.8 Å². The lowest BCUT2D eigenvalue weighted by molar-refractivity contribution is 0.411. The highest BCUT2D eigenvalue weighted by molar-refractivity contribution is 5.42. The second-order valence-corrected chi connectivity index (χ2v) is 4.96. The zero-order valence-electron chi connectivity index (χ0n) is 10.4. The first-order valence-corrected chi connectivity index (χ1v) is 6.02. The molecule has 88 valence electrons. The maximum atomic E-state index is 6.26. The van der Waals surface area contributed by atoms with Crippen LogP contribution in [0.5, 0.6) is 5.75 Å². The van der Waals surface area contributed by atoms with Crippen LogP contribution in [0.3, 0.4) is 0 Å². The van der Waals surface area contributed by atoms with Crippen LogP contribution >= 0.6 is 0 Å². The number of ether oxygens (including phenoxy) is 1. The van der Waals surface area contributed by atoms with Crippen molar-refractivity contribution in [2.45, 2.75) is 39.2 Å². The zero-order valence-corrected chi connectivity index (χ0v) is 10.4. The smallest absolute Gasteiger partial charge is 0.122 e. The van der Waals surface area contributed by atoms with Crippen LogP contribution in [0.25, 0.3) is 0 Å². The van der Waals surface area contributed by atoms with Crippen LogP contribution in [-0.2, 0) is 0 Å². The van der Waals surface area contributed by atoms with Gasteiger partial charge in [-0.15, -0.1) is 0 Å². The predicted octanol–water partition coefficient (Wildman–Crippen LogP) is 3.11. The number of rotatable bonds is 4. The largest absolute Gasteiger partial charge is 0.496 e. The summed E-state index contributed by atoms with van der Waals surface area (Å²) in [5.74, 6) is 1.83. The minimum absolute atomic E-state index is 0.192. The molecule has 2 N–H and O–H groups in total. The van der Waals surface area contributed by atoms with Crippen molar-refractivity contribution in [1.82, 2.24) is 0 Å². The molecule has 0 aromatic heterocycles. The molecule has 0 heterocycles. The molecule has 0 amide bonds. The fraction of sp³-hybridized carbons (Fsp3) is 0.571. The van der Waals surface area contributed by atoms with Gasteiger partial charge in [0.25, 0.3) is 0 Å². The number of aryl methyl sites for hydroxylation is 2. The van der Waals surface area contributed by atoms with Crippen molar-refractivity contribution in [2.24, 2.45) is 11.7 Å². The predicted molar refractivity (Wildman–Crippen MR) is 66.7 cm³/mol. The van der Waals surface area contributed by atoms with Gasteiger partial charge in [-0.2, -0.15) is 0 Å². The molecule has 0 saturated heterocycles. The molecule has 2 heteroatoms. The van der Waals surface area contributed by atoms with E-state index in [1.54, 1.807) is 7.11 Å². The van der Waals surface area contributed by atoms with Gasteiger partial charge in [-0.25, -0.2) is 0 Å². The number of hydrogen-bond acceptors (Lipinski definition) is 2. The summed E-state index contributed by atoms with van der Waals surface area (Å²) < 4.78 is 5.31. The Morgan fingerprint density at radius 1 is 1.31 bits per heavy atom. The van der Waals surface area contributed by atoms with Crippen molar-refractivity contribution in [2.75, 3.05) is 7.11 Å². The second-order valence-electron chi connectivity index (χ2n) is 4.96. The average molecular weight is 219 g/mol. The molecular formula is C14H21NO. The molecule has 1 atom stereocenters. The molecular weight excluding hydrogens is 198 g/mol. The third-order valence-corrected chi connectivity index (χ3v) is 3.47. The Hall–Kier alpha value is -1.02. The minimum atomic E-state index is 0.192. The lowest BCUT2D eigenvalue weighted by Crippen LogP contribution is -2.13. The van der Waals surface area contributed by atoms with Crippen LogP contribution in [0, 0.1) is 19.8 Å². The van der Waals surface area contributed by atoms with E-state index >= 15 is 0 Å². The van der Waals surface area contributed by atoms with Gasteiger partial charge in [-0.3, -0.25) is 0 Å². The van der Waals surface area contributed by atoms with Crippen molar-refractivity contribution >= 4 is 0 Å². The van der Waals surface area contributed by atoms with Crippen LogP contribution < -0.4 is 10.5 Å². The molecule has 0 aliphatic heterocycles. The fourth-order valence-corrected chi connectivity index (χ4v) is 2.27. The van der Waals surface area contributed by atoms with Crippen LogP contribution in [0.2, 0.25) is 0 Å². The Labute approximate surface area is 97.8 Å². The van der Waals surface area contributed by atoms with E-state index in [4.69, 9.17) is 10.5 Å². The fourth-order valence-electron chi connectivity index (χ4n) is 2.27. The summed E-state index contributed by atoms with van der Waals surface area (Å²) in [5, 5.41) is 0. The van der Waals surface area contributed by atoms with Gasteiger partial charge in [0.1, 0.15) is 5.75 Å². The molecule has 2 rings (SSSR count). The highest BCUT2D eigenvalue weighted by atomic mass is 16.5. The van der Waals surface area contributed by atoms with E-state index in [2.05, 4.69) is 26.0 Å². The first-order valence-electron chi connectivity index (χ1n) is 6.02. The van der Waals surface area contributed by atoms with Gasteiger partial charge in [0.15, 0.2) is 0 Å². The lowest BCUT2D eigenvalue weighted by Gasteiger charge is -2.17. The monoisotopic (exact) mass is 219 g/mol. The maximum Gasteiger partial charge on any atom is 0.122 e. The third kappa shape index (κ3) is 2.38. The van der Waals surface area contributed by atoms with Gasteiger partial charge in [0, 0.05) is 6.04 Å². The molecule has 1 aliphatic rings. The number of hydrogen-bond donors (Lipinski definition) is 1. The third-order valence-electron chi connectivity index (χ3n) is 3.47. The summed E-state index contributed by atoms with van der Waals surface area (Å²) in [6, 6.07) is 4.47. The minimum Gasteiger partial charge on any atom is -0.496 e. The summed E-state index contributed by atoms with van der Waals surface area (Å²) in [6.45, 7) is 4.19. The van der Waals surface area contributed by atoms with Crippen molar-refractivity contribution in [3.63, 3.8) is 0 Å². The Morgan fingerprint density at radius 3 is 2.56 bits per heavy atom. The van der Waals surface area contributed by atoms with E-state index in [9.17, 15) is 0 Å². The van der Waals surface area contributed by atoms with Gasteiger partial charge in [0.2, 0.25) is 0 Å². The van der Waals surface area contributed by atoms with Crippen LogP contribution in [0.15, 0.2) is 12.1 Å². The van der Waals surface area contributed by atoms with E-state index in [-0.39, 0.29) is 6.04 Å². The van der Waals surface area contributed by atoms with E-state index < -0.39 is 0 Å². The number of methoxy groups -OCH3 is 1. The molecule has 1 fully saturated rings. The Bertz CT molecular complexity index is 383. The molecule has 1 saturated carbocycles. The summed E-state index contributed by atoms with van der Waals surface area (Å²) in [5.41, 5.74) is 9.96. The number of benzene rings is 1. The van der Waals surface area contributed by atoms with E-state index in [0.29, 0.717) is 0 Å². The van der Waals surface area contributed by atoms with E-state index in [0.717, 1.165) is 18.1 Å². The van der Waals surface area contributed by atoms with Gasteiger partial charge in [-0.1, -0.05) is 18.9 Å². The highest BCUT2D eigenvalue weighted by Gasteiger charge is 2.25. The Morgan fingerprint density at radius 2 is 2.00 bits per heavy atom. The second kappa shape index (κ2) is 4.46. The van der Waals surface area contributed by atoms with Gasteiger partial charge < -0.3 is 10.5 Å². The molecule has 16 heavy (non-hydrogen) atoms. The van der Waals surface area contributed by atoms with Crippen molar-refractivity contribution < 1.29 is 4.74 Å². The summed E-state index contributed by atoms with van der Waals surface area (Å²) in [7, 11) is 1.71. The first-order chi connectivity index (χ1) is 7.61.